The molecule has 0 radical (unpaired) electrons. The molecule has 0 amide bonds. The first-order valence-corrected chi connectivity index (χ1v) is 10.0. The molecular formula is C23H37N3O. The van der Waals surface area contributed by atoms with Crippen LogP contribution in [0, 0.1) is 5.92 Å². The summed E-state index contributed by atoms with van der Waals surface area (Å²) in [6.07, 6.45) is 1.12. The van der Waals surface area contributed by atoms with Gasteiger partial charge in [0.25, 0.3) is 0 Å². The van der Waals surface area contributed by atoms with Crippen LogP contribution in [0.1, 0.15) is 53.7 Å². The molecule has 4 nitrogen and oxygen atoms in total. The summed E-state index contributed by atoms with van der Waals surface area (Å²) in [4.78, 5) is 5.81. The van der Waals surface area contributed by atoms with Gasteiger partial charge in [-0.05, 0) is 63.2 Å². The molecule has 2 aromatic rings. The molecule has 1 aromatic heterocycles. The van der Waals surface area contributed by atoms with Crippen molar-refractivity contribution in [3.63, 3.8) is 0 Å². The fraction of sp³-hybridized carbons (Fsp3) is 0.478. The van der Waals surface area contributed by atoms with Gasteiger partial charge in [-0.3, -0.25) is 0 Å². The minimum Gasteiger partial charge on any atom is -0.508 e. The molecule has 4 heteroatoms. The monoisotopic (exact) mass is 371 g/mol. The Labute approximate surface area is 164 Å². The molecule has 150 valence electrons. The second-order valence-corrected chi connectivity index (χ2v) is 6.71. The van der Waals surface area contributed by atoms with Crippen molar-refractivity contribution in [2.75, 3.05) is 25.9 Å². The average molecular weight is 372 g/mol. The third-order valence-electron chi connectivity index (χ3n) is 4.94. The number of phenols is 1. The maximum absolute atomic E-state index is 9.74. The maximum atomic E-state index is 9.74. The zero-order valence-corrected chi connectivity index (χ0v) is 18.1. The van der Waals surface area contributed by atoms with Crippen molar-refractivity contribution in [2.45, 2.75) is 48.0 Å². The van der Waals surface area contributed by atoms with Crippen LogP contribution in [0.5, 0.6) is 5.75 Å². The number of aromatic amines is 1. The van der Waals surface area contributed by atoms with Gasteiger partial charge in [-0.25, -0.2) is 0 Å². The van der Waals surface area contributed by atoms with E-state index in [-0.39, 0.29) is 5.75 Å². The largest absolute Gasteiger partial charge is 0.508 e. The smallest absolute Gasteiger partial charge is 0.116 e. The molecule has 0 bridgehead atoms. The molecule has 1 fully saturated rings. The Hall–Kier alpha value is -2.20. The van der Waals surface area contributed by atoms with E-state index in [9.17, 15) is 5.11 Å². The van der Waals surface area contributed by atoms with Crippen molar-refractivity contribution in [3.8, 4) is 5.75 Å². The fourth-order valence-electron chi connectivity index (χ4n) is 3.51. The lowest BCUT2D eigenvalue weighted by Gasteiger charge is -2.19. The normalized spacial score (nSPS) is 17.5. The number of rotatable bonds is 3. The Morgan fingerprint density at radius 1 is 1.22 bits per heavy atom. The highest BCUT2D eigenvalue weighted by molar-refractivity contribution is 5.99. The number of fused-ring (bicyclic) bond motifs is 1. The van der Waals surface area contributed by atoms with Crippen molar-refractivity contribution in [1.29, 1.82) is 0 Å². The fourth-order valence-corrected chi connectivity index (χ4v) is 3.51. The van der Waals surface area contributed by atoms with E-state index in [4.69, 9.17) is 5.73 Å². The second kappa shape index (κ2) is 10.2. The number of likely N-dealkylation sites (tertiary alicyclic amines) is 1. The van der Waals surface area contributed by atoms with Crippen LogP contribution in [0.4, 0.5) is 5.69 Å². The van der Waals surface area contributed by atoms with Crippen LogP contribution in [-0.2, 0) is 0 Å². The van der Waals surface area contributed by atoms with Crippen LogP contribution >= 0.6 is 0 Å². The molecule has 0 spiro atoms. The minimum absolute atomic E-state index is 0.234. The summed E-state index contributed by atoms with van der Waals surface area (Å²) in [5, 5.41) is 10.6. The van der Waals surface area contributed by atoms with Crippen molar-refractivity contribution >= 4 is 22.2 Å². The predicted molar refractivity (Wildman–Crippen MR) is 120 cm³/mol. The van der Waals surface area contributed by atoms with Gasteiger partial charge in [-0.15, -0.1) is 0 Å². The number of aromatic hydroxyl groups is 1. The SMILES string of the molecule is C=C(C)/C(C)=C(\c1[nH]c2ccc(O)cc2c1N)C1CCN(C)C1.CC.CC. The average Bonchev–Trinajstić information content (AvgIpc) is 3.23. The van der Waals surface area contributed by atoms with Gasteiger partial charge in [0, 0.05) is 23.4 Å². The molecule has 1 aromatic carbocycles. The van der Waals surface area contributed by atoms with Gasteiger partial charge < -0.3 is 20.7 Å². The summed E-state index contributed by atoms with van der Waals surface area (Å²) < 4.78 is 0. The molecule has 1 aliphatic rings. The van der Waals surface area contributed by atoms with E-state index < -0.39 is 0 Å². The lowest BCUT2D eigenvalue weighted by molar-refractivity contribution is 0.409. The molecule has 1 atom stereocenters. The molecule has 1 aliphatic heterocycles. The third kappa shape index (κ3) is 4.95. The van der Waals surface area contributed by atoms with Gasteiger partial charge in [0.15, 0.2) is 0 Å². The number of H-pyrrole nitrogens is 1. The zero-order chi connectivity index (χ0) is 20.7. The third-order valence-corrected chi connectivity index (χ3v) is 4.94. The Morgan fingerprint density at radius 3 is 2.37 bits per heavy atom. The predicted octanol–water partition coefficient (Wildman–Crippen LogP) is 5.81. The van der Waals surface area contributed by atoms with E-state index in [2.05, 4.69) is 30.4 Å². The van der Waals surface area contributed by atoms with Gasteiger partial charge in [0.1, 0.15) is 5.75 Å². The molecular weight excluding hydrogens is 334 g/mol. The lowest BCUT2D eigenvalue weighted by Crippen LogP contribution is -2.15. The number of phenolic OH excluding ortho intramolecular Hbond substituents is 1. The van der Waals surface area contributed by atoms with Crippen molar-refractivity contribution in [1.82, 2.24) is 9.88 Å². The molecule has 3 rings (SSSR count). The lowest BCUT2D eigenvalue weighted by atomic mass is 9.88. The van der Waals surface area contributed by atoms with Crippen LogP contribution < -0.4 is 5.73 Å². The second-order valence-electron chi connectivity index (χ2n) is 6.71. The van der Waals surface area contributed by atoms with Gasteiger partial charge in [0.05, 0.1) is 11.4 Å². The summed E-state index contributed by atoms with van der Waals surface area (Å²) in [7, 11) is 2.15. The highest BCUT2D eigenvalue weighted by Crippen LogP contribution is 2.40. The van der Waals surface area contributed by atoms with E-state index in [0.717, 1.165) is 41.7 Å². The summed E-state index contributed by atoms with van der Waals surface area (Å²) in [5.74, 6) is 0.679. The quantitative estimate of drug-likeness (QED) is 0.597. The molecule has 1 saturated heterocycles. The van der Waals surface area contributed by atoms with Crippen molar-refractivity contribution < 1.29 is 5.11 Å². The number of nitrogens with one attached hydrogen (secondary N) is 1. The summed E-state index contributed by atoms with van der Waals surface area (Å²) >= 11 is 0. The summed E-state index contributed by atoms with van der Waals surface area (Å²) in [5.41, 5.74) is 12.6. The minimum atomic E-state index is 0.234. The zero-order valence-electron chi connectivity index (χ0n) is 18.1. The molecule has 2 heterocycles. The van der Waals surface area contributed by atoms with E-state index in [0.29, 0.717) is 11.6 Å². The van der Waals surface area contributed by atoms with E-state index in [1.165, 1.54) is 11.1 Å². The Bertz CT molecular complexity index is 801. The summed E-state index contributed by atoms with van der Waals surface area (Å²) in [6, 6.07) is 5.28. The van der Waals surface area contributed by atoms with Crippen LogP contribution in [0.15, 0.2) is 35.9 Å². The first kappa shape index (κ1) is 22.8. The Balaban J connectivity index is 0.000000855. The van der Waals surface area contributed by atoms with Gasteiger partial charge in [-0.1, -0.05) is 39.8 Å². The number of hydrogen-bond donors (Lipinski definition) is 3. The van der Waals surface area contributed by atoms with Crippen LogP contribution in [0.25, 0.3) is 16.5 Å². The van der Waals surface area contributed by atoms with Crippen LogP contribution in [-0.4, -0.2) is 35.1 Å². The van der Waals surface area contributed by atoms with E-state index in [1.54, 1.807) is 12.1 Å². The number of nitrogens with two attached hydrogens (primary N) is 1. The van der Waals surface area contributed by atoms with Gasteiger partial charge in [-0.2, -0.15) is 0 Å². The number of nitrogen functional groups attached to an aromatic ring is 1. The molecule has 1 unspecified atom stereocenters. The number of aromatic nitrogens is 1. The van der Waals surface area contributed by atoms with Gasteiger partial charge in [0.2, 0.25) is 0 Å². The number of anilines is 1. The topological polar surface area (TPSA) is 65.3 Å². The van der Waals surface area contributed by atoms with Crippen molar-refractivity contribution in [3.05, 3.63) is 41.6 Å². The highest BCUT2D eigenvalue weighted by atomic mass is 16.3. The van der Waals surface area contributed by atoms with Crippen molar-refractivity contribution in [2.24, 2.45) is 5.92 Å². The molecule has 0 saturated carbocycles. The first-order chi connectivity index (χ1) is 12.9. The van der Waals surface area contributed by atoms with E-state index >= 15 is 0 Å². The first-order valence-electron chi connectivity index (χ1n) is 10.0. The highest BCUT2D eigenvalue weighted by Gasteiger charge is 2.28. The van der Waals surface area contributed by atoms with Gasteiger partial charge >= 0.3 is 0 Å². The van der Waals surface area contributed by atoms with E-state index in [1.807, 2.05) is 40.7 Å². The molecule has 0 aliphatic carbocycles. The summed E-state index contributed by atoms with van der Waals surface area (Å²) in [6.45, 7) is 18.4. The molecule has 4 N–H and O–H groups in total. The van der Waals surface area contributed by atoms with Crippen LogP contribution in [0.2, 0.25) is 0 Å². The number of nitrogens with zero attached hydrogens (tertiary/aromatic N) is 1. The number of hydrogen-bond acceptors (Lipinski definition) is 3. The maximum Gasteiger partial charge on any atom is 0.116 e. The standard InChI is InChI=1S/C19H25N3O.2C2H6/c1-11(2)12(3)17(13-7-8-22(4)10-13)19-18(20)15-9-14(23)5-6-16(15)21-19;2*1-2/h5-6,9,13,21,23H,1,7-8,10,20H2,2-4H3;2*1-2H3/b17-12-;;. The van der Waals surface area contributed by atoms with Crippen LogP contribution in [0.3, 0.4) is 0 Å². The Morgan fingerprint density at radius 2 is 1.85 bits per heavy atom. The Kier molecular flexibility index (Phi) is 8.64. The molecule has 27 heavy (non-hydrogen) atoms. The number of allylic oxidation sites excluding steroid dienone is 2. The number of benzene rings is 1.